The maximum atomic E-state index is 13.1. The zero-order valence-corrected chi connectivity index (χ0v) is 13.7. The molecule has 25 heavy (non-hydrogen) atoms. The Morgan fingerprint density at radius 2 is 1.84 bits per heavy atom. The molecule has 9 heteroatoms. The first-order valence-corrected chi connectivity index (χ1v) is 7.99. The van der Waals surface area contributed by atoms with Gasteiger partial charge in [-0.2, -0.15) is 13.2 Å². The fourth-order valence-electron chi connectivity index (χ4n) is 2.59. The van der Waals surface area contributed by atoms with Crippen molar-refractivity contribution in [3.05, 3.63) is 46.6 Å². The van der Waals surface area contributed by atoms with Gasteiger partial charge in [-0.25, -0.2) is 0 Å². The van der Waals surface area contributed by atoms with Gasteiger partial charge in [-0.3, -0.25) is 4.79 Å². The van der Waals surface area contributed by atoms with E-state index in [1.807, 2.05) is 0 Å². The van der Waals surface area contributed by atoms with Crippen LogP contribution in [-0.4, -0.2) is 34.1 Å². The van der Waals surface area contributed by atoms with E-state index in [4.69, 9.17) is 11.6 Å². The van der Waals surface area contributed by atoms with Crippen molar-refractivity contribution in [2.24, 2.45) is 0 Å². The average Bonchev–Trinajstić information content (AvgIpc) is 3.10. The molecule has 1 aromatic heterocycles. The molecular formula is C16H14ClF3N4O. The lowest BCUT2D eigenvalue weighted by molar-refractivity contribution is -0.136. The third-order valence-corrected chi connectivity index (χ3v) is 4.06. The fraction of sp³-hybridized carbons (Fsp3) is 0.312. The zero-order chi connectivity index (χ0) is 18.0. The Morgan fingerprint density at radius 1 is 1.12 bits per heavy atom. The highest BCUT2D eigenvalue weighted by molar-refractivity contribution is 6.30. The molecule has 0 bridgehead atoms. The molecule has 5 nitrogen and oxygen atoms in total. The number of carbonyl (C=O) groups excluding carboxylic acids is 1. The van der Waals surface area contributed by atoms with Crippen molar-refractivity contribution in [1.29, 1.82) is 0 Å². The monoisotopic (exact) mass is 370 g/mol. The minimum Gasteiger partial charge on any atom is -0.338 e. The normalized spacial score (nSPS) is 14.6. The third kappa shape index (κ3) is 4.01. The first-order valence-electron chi connectivity index (χ1n) is 7.61. The predicted octanol–water partition coefficient (Wildman–Crippen LogP) is 4.13. The van der Waals surface area contributed by atoms with E-state index in [0.29, 0.717) is 13.1 Å². The van der Waals surface area contributed by atoms with Crippen molar-refractivity contribution in [3.8, 4) is 0 Å². The van der Waals surface area contributed by atoms with Crippen LogP contribution in [0.4, 0.5) is 24.7 Å². The molecular weight excluding hydrogens is 357 g/mol. The summed E-state index contributed by atoms with van der Waals surface area (Å²) in [6.45, 7) is 1.36. The molecule has 0 saturated carbocycles. The van der Waals surface area contributed by atoms with Crippen molar-refractivity contribution >= 4 is 29.0 Å². The van der Waals surface area contributed by atoms with Crippen LogP contribution >= 0.6 is 11.6 Å². The number of amides is 1. The van der Waals surface area contributed by atoms with E-state index in [0.717, 1.165) is 18.9 Å². The van der Waals surface area contributed by atoms with E-state index >= 15 is 0 Å². The van der Waals surface area contributed by atoms with E-state index in [-0.39, 0.29) is 28.1 Å². The van der Waals surface area contributed by atoms with Crippen molar-refractivity contribution in [3.63, 3.8) is 0 Å². The summed E-state index contributed by atoms with van der Waals surface area (Å²) in [7, 11) is 0. The number of alkyl halides is 3. The Labute approximate surface area is 146 Å². The van der Waals surface area contributed by atoms with Crippen LogP contribution in [0.3, 0.4) is 0 Å². The lowest BCUT2D eigenvalue weighted by Gasteiger charge is -2.15. The number of nitrogens with one attached hydrogen (secondary N) is 1. The van der Waals surface area contributed by atoms with Crippen LogP contribution in [0.2, 0.25) is 5.02 Å². The zero-order valence-electron chi connectivity index (χ0n) is 13.0. The maximum absolute atomic E-state index is 13.1. The summed E-state index contributed by atoms with van der Waals surface area (Å²) in [6, 6.07) is 6.26. The third-order valence-electron chi connectivity index (χ3n) is 3.83. The number of hydrogen-bond donors (Lipinski definition) is 1. The highest BCUT2D eigenvalue weighted by atomic mass is 35.5. The molecule has 132 valence electrons. The molecule has 2 aromatic rings. The minimum atomic E-state index is -4.56. The standard InChI is InChI=1S/C16H14ClF3N4O/c17-10-3-4-12(11(9-10)16(18,19)20)21-14-6-5-13(22-23-14)15(25)24-7-1-2-8-24/h3-6,9H,1-2,7-8H2,(H,21,23). The largest absolute Gasteiger partial charge is 0.418 e. The Bertz CT molecular complexity index is 774. The van der Waals surface area contributed by atoms with Gasteiger partial charge in [-0.05, 0) is 43.2 Å². The van der Waals surface area contributed by atoms with Crippen LogP contribution in [-0.2, 0) is 6.18 Å². The van der Waals surface area contributed by atoms with Gasteiger partial charge < -0.3 is 10.2 Å². The van der Waals surface area contributed by atoms with E-state index in [9.17, 15) is 18.0 Å². The Kier molecular flexibility index (Phi) is 4.80. The first kappa shape index (κ1) is 17.5. The molecule has 0 radical (unpaired) electrons. The molecule has 0 unspecified atom stereocenters. The molecule has 0 spiro atoms. The molecule has 1 fully saturated rings. The van der Waals surface area contributed by atoms with Gasteiger partial charge in [0.25, 0.3) is 5.91 Å². The fourth-order valence-corrected chi connectivity index (χ4v) is 2.77. The van der Waals surface area contributed by atoms with Gasteiger partial charge >= 0.3 is 6.18 Å². The van der Waals surface area contributed by atoms with Crippen LogP contribution in [0.5, 0.6) is 0 Å². The molecule has 1 aliphatic rings. The Balaban J connectivity index is 1.79. The number of hydrogen-bond acceptors (Lipinski definition) is 4. The van der Waals surface area contributed by atoms with Crippen LogP contribution in [0.25, 0.3) is 0 Å². The van der Waals surface area contributed by atoms with Gasteiger partial charge in [0.15, 0.2) is 11.5 Å². The maximum Gasteiger partial charge on any atom is 0.418 e. The summed E-state index contributed by atoms with van der Waals surface area (Å²) in [5.41, 5.74) is -0.927. The number of halogens is 4. The minimum absolute atomic E-state index is 0.0180. The van der Waals surface area contributed by atoms with E-state index in [1.54, 1.807) is 4.90 Å². The van der Waals surface area contributed by atoms with Gasteiger partial charge in [-0.1, -0.05) is 11.6 Å². The molecule has 1 saturated heterocycles. The van der Waals surface area contributed by atoms with Crippen LogP contribution in [0.15, 0.2) is 30.3 Å². The molecule has 1 aromatic carbocycles. The van der Waals surface area contributed by atoms with Crippen molar-refractivity contribution < 1.29 is 18.0 Å². The molecule has 1 amide bonds. The molecule has 1 aliphatic heterocycles. The summed E-state index contributed by atoms with van der Waals surface area (Å²) >= 11 is 5.65. The van der Waals surface area contributed by atoms with Gasteiger partial charge in [0.05, 0.1) is 11.3 Å². The Morgan fingerprint density at radius 3 is 2.44 bits per heavy atom. The summed E-state index contributed by atoms with van der Waals surface area (Å²) in [4.78, 5) is 13.9. The topological polar surface area (TPSA) is 58.1 Å². The quantitative estimate of drug-likeness (QED) is 0.882. The first-order chi connectivity index (χ1) is 11.8. The van der Waals surface area contributed by atoms with Gasteiger partial charge in [-0.15, -0.1) is 10.2 Å². The van der Waals surface area contributed by atoms with E-state index in [2.05, 4.69) is 15.5 Å². The van der Waals surface area contributed by atoms with Crippen molar-refractivity contribution in [1.82, 2.24) is 15.1 Å². The average molecular weight is 371 g/mol. The number of carbonyl (C=O) groups is 1. The molecule has 2 heterocycles. The molecule has 0 atom stereocenters. The number of aromatic nitrogens is 2. The van der Waals surface area contributed by atoms with Crippen LogP contribution in [0, 0.1) is 0 Å². The molecule has 1 N–H and O–H groups in total. The van der Waals surface area contributed by atoms with E-state index < -0.39 is 11.7 Å². The second kappa shape index (κ2) is 6.87. The van der Waals surface area contributed by atoms with Crippen molar-refractivity contribution in [2.75, 3.05) is 18.4 Å². The molecule has 3 rings (SSSR count). The van der Waals surface area contributed by atoms with Gasteiger partial charge in [0.1, 0.15) is 0 Å². The number of benzene rings is 1. The number of anilines is 2. The Hall–Kier alpha value is -2.35. The number of nitrogens with zero attached hydrogens (tertiary/aromatic N) is 3. The number of likely N-dealkylation sites (tertiary alicyclic amines) is 1. The van der Waals surface area contributed by atoms with Gasteiger partial charge in [0.2, 0.25) is 0 Å². The summed E-state index contributed by atoms with van der Waals surface area (Å²) in [5.74, 6) is -0.121. The van der Waals surface area contributed by atoms with Crippen LogP contribution < -0.4 is 5.32 Å². The summed E-state index contributed by atoms with van der Waals surface area (Å²) in [6.07, 6.45) is -2.66. The van der Waals surface area contributed by atoms with Gasteiger partial charge in [0, 0.05) is 18.1 Å². The lowest BCUT2D eigenvalue weighted by atomic mass is 10.1. The van der Waals surface area contributed by atoms with E-state index in [1.165, 1.54) is 24.3 Å². The lowest BCUT2D eigenvalue weighted by Crippen LogP contribution is -2.28. The summed E-state index contributed by atoms with van der Waals surface area (Å²) in [5, 5.41) is 10.2. The summed E-state index contributed by atoms with van der Waals surface area (Å²) < 4.78 is 39.3. The SMILES string of the molecule is O=C(c1ccc(Nc2ccc(Cl)cc2C(F)(F)F)nn1)N1CCCC1. The number of rotatable bonds is 3. The highest BCUT2D eigenvalue weighted by Crippen LogP contribution is 2.37. The second-order valence-corrected chi connectivity index (χ2v) is 6.05. The smallest absolute Gasteiger partial charge is 0.338 e. The predicted molar refractivity (Wildman–Crippen MR) is 86.9 cm³/mol. The second-order valence-electron chi connectivity index (χ2n) is 5.62. The van der Waals surface area contributed by atoms with Crippen molar-refractivity contribution in [2.45, 2.75) is 19.0 Å². The highest BCUT2D eigenvalue weighted by Gasteiger charge is 2.34. The van der Waals surface area contributed by atoms with Crippen LogP contribution in [0.1, 0.15) is 28.9 Å². The molecule has 0 aliphatic carbocycles.